The Morgan fingerprint density at radius 2 is 1.00 bits per heavy atom. The SMILES string of the molecule is C1CCNC1.[CH3][Al]([CH3])[CH3].c1ccccc1. The van der Waals surface area contributed by atoms with Crippen molar-refractivity contribution in [2.75, 3.05) is 13.1 Å². The summed E-state index contributed by atoms with van der Waals surface area (Å²) in [5.74, 6) is 6.92. The minimum Gasteiger partial charge on any atom is -0.317 e. The summed E-state index contributed by atoms with van der Waals surface area (Å²) >= 11 is -0.139. The lowest BCUT2D eigenvalue weighted by Crippen LogP contribution is -2.03. The molecule has 0 atom stereocenters. The van der Waals surface area contributed by atoms with E-state index in [1.165, 1.54) is 25.9 Å². The average Bonchev–Trinajstić information content (AvgIpc) is 2.77. The van der Waals surface area contributed by atoms with Crippen molar-refractivity contribution in [1.29, 1.82) is 0 Å². The van der Waals surface area contributed by atoms with Crippen molar-refractivity contribution >= 4 is 14.1 Å². The molecule has 0 spiro atoms. The second-order valence-electron chi connectivity index (χ2n) is 4.34. The van der Waals surface area contributed by atoms with E-state index in [-0.39, 0.29) is 14.1 Å². The topological polar surface area (TPSA) is 12.0 Å². The molecule has 0 aromatic heterocycles. The molecule has 2 rings (SSSR count). The maximum absolute atomic E-state index is 3.22. The van der Waals surface area contributed by atoms with Gasteiger partial charge in [0.25, 0.3) is 14.1 Å². The fraction of sp³-hybridized carbons (Fsp3) is 0.538. The van der Waals surface area contributed by atoms with Gasteiger partial charge in [0.2, 0.25) is 0 Å². The van der Waals surface area contributed by atoms with Crippen molar-refractivity contribution in [2.45, 2.75) is 30.2 Å². The van der Waals surface area contributed by atoms with Crippen LogP contribution in [0.3, 0.4) is 0 Å². The molecule has 0 radical (unpaired) electrons. The summed E-state index contributed by atoms with van der Waals surface area (Å²) in [6, 6.07) is 12.0. The molecule has 84 valence electrons. The van der Waals surface area contributed by atoms with E-state index < -0.39 is 0 Å². The number of rotatable bonds is 0. The Bertz CT molecular complexity index is 158. The van der Waals surface area contributed by atoms with Gasteiger partial charge in [-0.25, -0.2) is 0 Å². The monoisotopic (exact) mass is 221 g/mol. The molecule has 1 fully saturated rings. The smallest absolute Gasteiger partial charge is 0.251 e. The molecule has 0 aliphatic carbocycles. The first-order chi connectivity index (χ1) is 7.23. The van der Waals surface area contributed by atoms with Crippen molar-refractivity contribution in [1.82, 2.24) is 5.32 Å². The summed E-state index contributed by atoms with van der Waals surface area (Å²) in [6.07, 6.45) is 2.78. The van der Waals surface area contributed by atoms with Crippen molar-refractivity contribution in [3.8, 4) is 0 Å². The van der Waals surface area contributed by atoms with E-state index in [9.17, 15) is 0 Å². The maximum Gasteiger partial charge on any atom is 0.251 e. The van der Waals surface area contributed by atoms with E-state index in [4.69, 9.17) is 0 Å². The van der Waals surface area contributed by atoms with Gasteiger partial charge >= 0.3 is 0 Å². The van der Waals surface area contributed by atoms with Gasteiger partial charge in [-0.15, -0.1) is 17.4 Å². The highest BCUT2D eigenvalue weighted by Gasteiger charge is 1.93. The van der Waals surface area contributed by atoms with Gasteiger partial charge in [0.05, 0.1) is 0 Å². The highest BCUT2D eigenvalue weighted by Crippen LogP contribution is 1.90. The van der Waals surface area contributed by atoms with Crippen LogP contribution in [0.1, 0.15) is 12.8 Å². The number of nitrogens with one attached hydrogen (secondary N) is 1. The minimum atomic E-state index is -0.139. The van der Waals surface area contributed by atoms with Gasteiger partial charge in [0.1, 0.15) is 0 Å². The molecule has 1 heterocycles. The summed E-state index contributed by atoms with van der Waals surface area (Å²) in [5.41, 5.74) is 0. The first-order valence-electron chi connectivity index (χ1n) is 5.94. The molecule has 1 aliphatic heterocycles. The molecular weight excluding hydrogens is 197 g/mol. The van der Waals surface area contributed by atoms with Crippen LogP contribution in [-0.2, 0) is 0 Å². The number of hydrogen-bond acceptors (Lipinski definition) is 1. The number of hydrogen-bond donors (Lipinski definition) is 1. The maximum atomic E-state index is 3.22. The fourth-order valence-corrected chi connectivity index (χ4v) is 1.01. The van der Waals surface area contributed by atoms with Gasteiger partial charge in [-0.3, -0.25) is 0 Å². The van der Waals surface area contributed by atoms with Gasteiger partial charge in [-0.2, -0.15) is 0 Å². The molecule has 1 aliphatic rings. The van der Waals surface area contributed by atoms with Gasteiger partial charge in [0, 0.05) is 0 Å². The molecule has 1 N–H and O–H groups in total. The molecule has 0 unspecified atom stereocenters. The molecule has 1 aromatic rings. The summed E-state index contributed by atoms with van der Waals surface area (Å²) in [4.78, 5) is 0. The quantitative estimate of drug-likeness (QED) is 0.662. The zero-order chi connectivity index (χ0) is 11.4. The molecule has 1 saturated heterocycles. The molecule has 0 bridgehead atoms. The van der Waals surface area contributed by atoms with E-state index in [0.717, 1.165) is 0 Å². The largest absolute Gasteiger partial charge is 0.317 e. The van der Waals surface area contributed by atoms with Gasteiger partial charge in [-0.1, -0.05) is 36.4 Å². The Labute approximate surface area is 99.3 Å². The van der Waals surface area contributed by atoms with Crippen LogP contribution >= 0.6 is 0 Å². The highest BCUT2D eigenvalue weighted by molar-refractivity contribution is 6.54. The molecule has 2 heteroatoms. The summed E-state index contributed by atoms with van der Waals surface area (Å²) in [6.45, 7) is 2.50. The lowest BCUT2D eigenvalue weighted by atomic mass is 10.4. The molecule has 15 heavy (non-hydrogen) atoms. The third-order valence-electron chi connectivity index (χ3n) is 1.62. The third-order valence-corrected chi connectivity index (χ3v) is 1.62. The van der Waals surface area contributed by atoms with Crippen LogP contribution in [0.4, 0.5) is 0 Å². The Morgan fingerprint density at radius 1 is 0.733 bits per heavy atom. The second kappa shape index (κ2) is 11.8. The van der Waals surface area contributed by atoms with Crippen LogP contribution in [0.2, 0.25) is 17.4 Å². The molecule has 1 nitrogen and oxygen atoms in total. The lowest BCUT2D eigenvalue weighted by molar-refractivity contribution is 0.857. The number of benzene rings is 1. The molecule has 1 aromatic carbocycles. The molecule has 0 amide bonds. The Balaban J connectivity index is 0.000000202. The van der Waals surface area contributed by atoms with Gasteiger partial charge in [0.15, 0.2) is 0 Å². The third kappa shape index (κ3) is 16.4. The van der Waals surface area contributed by atoms with Crippen molar-refractivity contribution in [2.24, 2.45) is 0 Å². The zero-order valence-corrected chi connectivity index (χ0v) is 11.5. The van der Waals surface area contributed by atoms with Gasteiger partial charge in [-0.05, 0) is 25.9 Å². The van der Waals surface area contributed by atoms with Crippen molar-refractivity contribution < 1.29 is 0 Å². The Morgan fingerprint density at radius 3 is 1.13 bits per heavy atom. The minimum absolute atomic E-state index is 0.139. The molecule has 0 saturated carbocycles. The summed E-state index contributed by atoms with van der Waals surface area (Å²) in [5, 5.41) is 3.22. The predicted molar refractivity (Wildman–Crippen MR) is 71.9 cm³/mol. The van der Waals surface area contributed by atoms with Crippen LogP contribution in [0, 0.1) is 0 Å². The zero-order valence-electron chi connectivity index (χ0n) is 10.4. The lowest BCUT2D eigenvalue weighted by Gasteiger charge is -1.76. The Hall–Kier alpha value is -0.288. The van der Waals surface area contributed by atoms with E-state index >= 15 is 0 Å². The Kier molecular flexibility index (Phi) is 11.6. The average molecular weight is 221 g/mol. The predicted octanol–water partition coefficient (Wildman–Crippen LogP) is 3.43. The summed E-state index contributed by atoms with van der Waals surface area (Å²) in [7, 11) is 0. The van der Waals surface area contributed by atoms with Crippen LogP contribution in [0.15, 0.2) is 36.4 Å². The molecular formula is C13H24AlN. The van der Waals surface area contributed by atoms with Crippen LogP contribution in [-0.4, -0.2) is 27.2 Å². The van der Waals surface area contributed by atoms with Crippen LogP contribution in [0.5, 0.6) is 0 Å². The first kappa shape index (κ1) is 14.7. The standard InChI is InChI=1S/C6H6.C4H9N.3CH3.Al/c1-2-4-6-5-3-1;1-2-4-5-3-1;;;;/h1-6H;5H,1-4H2;3*1H3;. The fourth-order valence-electron chi connectivity index (χ4n) is 1.01. The first-order valence-corrected chi connectivity index (χ1v) is 9.40. The van der Waals surface area contributed by atoms with Gasteiger partial charge < -0.3 is 5.32 Å². The van der Waals surface area contributed by atoms with E-state index in [0.29, 0.717) is 0 Å². The highest BCUT2D eigenvalue weighted by atomic mass is 27.2. The van der Waals surface area contributed by atoms with Crippen LogP contribution < -0.4 is 5.32 Å². The second-order valence-corrected chi connectivity index (χ2v) is 7.81. The normalized spacial score (nSPS) is 13.0. The van der Waals surface area contributed by atoms with Crippen molar-refractivity contribution in [3.05, 3.63) is 36.4 Å². The van der Waals surface area contributed by atoms with E-state index in [2.05, 4.69) is 22.7 Å². The van der Waals surface area contributed by atoms with Crippen molar-refractivity contribution in [3.63, 3.8) is 0 Å². The van der Waals surface area contributed by atoms with Crippen LogP contribution in [0.25, 0.3) is 0 Å². The van der Waals surface area contributed by atoms with E-state index in [1.807, 2.05) is 36.4 Å². The van der Waals surface area contributed by atoms with E-state index in [1.54, 1.807) is 0 Å². The summed E-state index contributed by atoms with van der Waals surface area (Å²) < 4.78 is 0.